The van der Waals surface area contributed by atoms with E-state index in [1.807, 2.05) is 54.6 Å². The number of hydroxylamine groups is 1. The number of nitrogens with zero attached hydrogens (tertiary/aromatic N) is 2. The second kappa shape index (κ2) is 9.13. The molecule has 0 radical (unpaired) electrons. The molecule has 0 aliphatic carbocycles. The van der Waals surface area contributed by atoms with Gasteiger partial charge in [-0.3, -0.25) is 10.3 Å². The molecular formula is C23H18Cl2N4O. The van der Waals surface area contributed by atoms with Crippen LogP contribution in [0.3, 0.4) is 0 Å². The van der Waals surface area contributed by atoms with Crippen molar-refractivity contribution in [3.8, 4) is 0 Å². The highest BCUT2D eigenvalue weighted by Gasteiger charge is 2.05. The van der Waals surface area contributed by atoms with E-state index in [4.69, 9.17) is 28.0 Å². The Morgan fingerprint density at radius 1 is 0.933 bits per heavy atom. The second-order valence-corrected chi connectivity index (χ2v) is 7.37. The Hall–Kier alpha value is -3.12. The zero-order chi connectivity index (χ0) is 20.9. The standard InChI is InChI=1S/C23H18Cl2N4O/c1-15(29-30-13-16-6-11-20(24)21(25)12-16)17-7-9-18(10-8-17)28-23-19-4-2-3-5-22(19)26-14-27-23/h2-12,14,29H,1,13H2,(H,26,27,28). The molecule has 0 saturated heterocycles. The van der Waals surface area contributed by atoms with Crippen LogP contribution in [0.2, 0.25) is 10.0 Å². The molecular weight excluding hydrogens is 419 g/mol. The summed E-state index contributed by atoms with van der Waals surface area (Å²) >= 11 is 11.9. The highest BCUT2D eigenvalue weighted by Crippen LogP contribution is 2.24. The number of halogens is 2. The van der Waals surface area contributed by atoms with Crippen molar-refractivity contribution >= 4 is 51.3 Å². The molecule has 30 heavy (non-hydrogen) atoms. The zero-order valence-corrected chi connectivity index (χ0v) is 17.4. The van der Waals surface area contributed by atoms with Crippen LogP contribution in [0.15, 0.2) is 79.6 Å². The number of rotatable bonds is 7. The molecule has 0 amide bonds. The molecule has 0 spiro atoms. The van der Waals surface area contributed by atoms with Crippen LogP contribution >= 0.6 is 23.2 Å². The molecule has 1 aromatic heterocycles. The van der Waals surface area contributed by atoms with Crippen molar-refractivity contribution in [3.63, 3.8) is 0 Å². The van der Waals surface area contributed by atoms with Gasteiger partial charge in [-0.05, 0) is 47.5 Å². The van der Waals surface area contributed by atoms with Crippen molar-refractivity contribution in [2.75, 3.05) is 5.32 Å². The van der Waals surface area contributed by atoms with E-state index in [0.29, 0.717) is 22.3 Å². The third-order valence-electron chi connectivity index (χ3n) is 4.46. The summed E-state index contributed by atoms with van der Waals surface area (Å²) in [6.07, 6.45) is 1.55. The van der Waals surface area contributed by atoms with Gasteiger partial charge in [0.1, 0.15) is 12.1 Å². The summed E-state index contributed by atoms with van der Waals surface area (Å²) < 4.78 is 0. The molecule has 0 aliphatic heterocycles. The second-order valence-electron chi connectivity index (χ2n) is 6.56. The van der Waals surface area contributed by atoms with E-state index >= 15 is 0 Å². The van der Waals surface area contributed by atoms with Crippen molar-refractivity contribution in [2.45, 2.75) is 6.61 Å². The largest absolute Gasteiger partial charge is 0.340 e. The van der Waals surface area contributed by atoms with Gasteiger partial charge >= 0.3 is 0 Å². The molecule has 0 bridgehead atoms. The van der Waals surface area contributed by atoms with E-state index in [1.54, 1.807) is 18.5 Å². The van der Waals surface area contributed by atoms with Gasteiger partial charge in [-0.2, -0.15) is 0 Å². The fourth-order valence-electron chi connectivity index (χ4n) is 2.89. The Morgan fingerprint density at radius 3 is 2.53 bits per heavy atom. The van der Waals surface area contributed by atoms with Crippen LogP contribution < -0.4 is 10.8 Å². The van der Waals surface area contributed by atoms with E-state index in [-0.39, 0.29) is 0 Å². The lowest BCUT2D eigenvalue weighted by molar-refractivity contribution is 0.0648. The summed E-state index contributed by atoms with van der Waals surface area (Å²) in [4.78, 5) is 14.2. The number of aromatic nitrogens is 2. The monoisotopic (exact) mass is 436 g/mol. The van der Waals surface area contributed by atoms with Gasteiger partial charge in [0.15, 0.2) is 0 Å². The summed E-state index contributed by atoms with van der Waals surface area (Å²) in [6, 6.07) is 21.0. The summed E-state index contributed by atoms with van der Waals surface area (Å²) in [5.74, 6) is 0.760. The average Bonchev–Trinajstić information content (AvgIpc) is 2.77. The van der Waals surface area contributed by atoms with Gasteiger partial charge in [0, 0.05) is 11.1 Å². The number of benzene rings is 3. The molecule has 2 N–H and O–H groups in total. The highest BCUT2D eigenvalue weighted by molar-refractivity contribution is 6.42. The summed E-state index contributed by atoms with van der Waals surface area (Å²) in [7, 11) is 0. The number of nitrogens with one attached hydrogen (secondary N) is 2. The lowest BCUT2D eigenvalue weighted by Crippen LogP contribution is -2.12. The van der Waals surface area contributed by atoms with Crippen molar-refractivity contribution in [3.05, 3.63) is 101 Å². The van der Waals surface area contributed by atoms with Gasteiger partial charge < -0.3 is 5.32 Å². The first-order valence-electron chi connectivity index (χ1n) is 9.18. The van der Waals surface area contributed by atoms with Crippen molar-refractivity contribution in [1.82, 2.24) is 15.4 Å². The van der Waals surface area contributed by atoms with Gasteiger partial charge in [-0.15, -0.1) is 0 Å². The topological polar surface area (TPSA) is 59.1 Å². The highest BCUT2D eigenvalue weighted by atomic mass is 35.5. The Morgan fingerprint density at radius 2 is 1.73 bits per heavy atom. The normalized spacial score (nSPS) is 10.7. The Labute approximate surface area is 184 Å². The molecule has 0 fully saturated rings. The van der Waals surface area contributed by atoms with Crippen LogP contribution in [0.4, 0.5) is 11.5 Å². The molecule has 1 heterocycles. The smallest absolute Gasteiger partial charge is 0.141 e. The van der Waals surface area contributed by atoms with Gasteiger partial charge in [0.05, 0.1) is 27.9 Å². The summed E-state index contributed by atoms with van der Waals surface area (Å²) in [5.41, 5.74) is 7.12. The van der Waals surface area contributed by atoms with Crippen LogP contribution in [0, 0.1) is 0 Å². The first-order chi connectivity index (χ1) is 14.6. The van der Waals surface area contributed by atoms with Crippen LogP contribution in [-0.2, 0) is 11.4 Å². The molecule has 7 heteroatoms. The fourth-order valence-corrected chi connectivity index (χ4v) is 3.21. The molecule has 3 aromatic carbocycles. The van der Waals surface area contributed by atoms with Crippen LogP contribution in [0.1, 0.15) is 11.1 Å². The fraction of sp³-hybridized carbons (Fsp3) is 0.0435. The van der Waals surface area contributed by atoms with Crippen molar-refractivity contribution < 1.29 is 4.84 Å². The number of hydrogen-bond acceptors (Lipinski definition) is 5. The maximum atomic E-state index is 6.02. The van der Waals surface area contributed by atoms with E-state index in [1.165, 1.54) is 0 Å². The molecule has 150 valence electrons. The quantitative estimate of drug-likeness (QED) is 0.329. The third kappa shape index (κ3) is 4.71. The minimum Gasteiger partial charge on any atom is -0.340 e. The Balaban J connectivity index is 1.36. The predicted octanol–water partition coefficient (Wildman–Crippen LogP) is 6.37. The number of hydrogen-bond donors (Lipinski definition) is 2. The van der Waals surface area contributed by atoms with Gasteiger partial charge in [0.2, 0.25) is 0 Å². The molecule has 0 saturated carbocycles. The Bertz CT molecular complexity index is 1190. The summed E-state index contributed by atoms with van der Waals surface area (Å²) in [6.45, 7) is 4.35. The Kier molecular flexibility index (Phi) is 6.14. The van der Waals surface area contributed by atoms with Crippen molar-refractivity contribution in [1.29, 1.82) is 0 Å². The first-order valence-corrected chi connectivity index (χ1v) is 9.93. The minimum absolute atomic E-state index is 0.330. The number of fused-ring (bicyclic) bond motifs is 1. The zero-order valence-electron chi connectivity index (χ0n) is 15.9. The van der Waals surface area contributed by atoms with Gasteiger partial charge in [-0.25, -0.2) is 9.97 Å². The van der Waals surface area contributed by atoms with Crippen molar-refractivity contribution in [2.24, 2.45) is 0 Å². The summed E-state index contributed by atoms with van der Waals surface area (Å²) in [5, 5.41) is 5.31. The van der Waals surface area contributed by atoms with E-state index < -0.39 is 0 Å². The molecule has 5 nitrogen and oxygen atoms in total. The molecule has 0 atom stereocenters. The molecule has 0 aliphatic rings. The van der Waals surface area contributed by atoms with E-state index in [0.717, 1.165) is 33.5 Å². The number of para-hydroxylation sites is 1. The van der Waals surface area contributed by atoms with Gasteiger partial charge in [0.25, 0.3) is 0 Å². The average molecular weight is 437 g/mol. The maximum Gasteiger partial charge on any atom is 0.141 e. The maximum absolute atomic E-state index is 6.02. The lowest BCUT2D eigenvalue weighted by Gasteiger charge is -2.12. The number of anilines is 2. The van der Waals surface area contributed by atoms with Crippen LogP contribution in [0.5, 0.6) is 0 Å². The van der Waals surface area contributed by atoms with Crippen LogP contribution in [-0.4, -0.2) is 9.97 Å². The third-order valence-corrected chi connectivity index (χ3v) is 5.20. The van der Waals surface area contributed by atoms with Gasteiger partial charge in [-0.1, -0.05) is 60.1 Å². The lowest BCUT2D eigenvalue weighted by atomic mass is 10.1. The van der Waals surface area contributed by atoms with E-state index in [9.17, 15) is 0 Å². The van der Waals surface area contributed by atoms with E-state index in [2.05, 4.69) is 27.3 Å². The van der Waals surface area contributed by atoms with Crippen LogP contribution in [0.25, 0.3) is 16.6 Å². The molecule has 0 unspecified atom stereocenters. The SMILES string of the molecule is C=C(NOCc1ccc(Cl)c(Cl)c1)c1ccc(Nc2ncnc3ccccc23)cc1. The molecule has 4 rings (SSSR count). The predicted molar refractivity (Wildman–Crippen MR) is 123 cm³/mol. The molecule has 4 aromatic rings. The minimum atomic E-state index is 0.330. The first kappa shape index (κ1) is 20.2.